The second-order valence-electron chi connectivity index (χ2n) is 6.60. The molecule has 1 aromatic carbocycles. The van der Waals surface area contributed by atoms with Gasteiger partial charge in [-0.05, 0) is 30.5 Å². The van der Waals surface area contributed by atoms with Gasteiger partial charge in [-0.1, -0.05) is 30.3 Å². The van der Waals surface area contributed by atoms with Crippen molar-refractivity contribution < 1.29 is 19.7 Å². The summed E-state index contributed by atoms with van der Waals surface area (Å²) in [4.78, 5) is 4.34. The Morgan fingerprint density at radius 1 is 1.00 bits per heavy atom. The van der Waals surface area contributed by atoms with Gasteiger partial charge in [0.15, 0.2) is 11.6 Å². The summed E-state index contributed by atoms with van der Waals surface area (Å²) >= 11 is 0. The quantitative estimate of drug-likeness (QED) is 0.749. The summed E-state index contributed by atoms with van der Waals surface area (Å²) in [5.74, 6) is 0.817. The first-order valence-corrected chi connectivity index (χ1v) is 8.68. The molecule has 2 atom stereocenters. The van der Waals surface area contributed by atoms with Gasteiger partial charge in [0, 0.05) is 6.20 Å². The van der Waals surface area contributed by atoms with Crippen molar-refractivity contribution >= 4 is 0 Å². The van der Waals surface area contributed by atoms with Crippen LogP contribution in [0.4, 0.5) is 0 Å². The van der Waals surface area contributed by atoms with Crippen LogP contribution in [-0.2, 0) is 11.3 Å². The Kier molecular flexibility index (Phi) is 3.39. The average Bonchev–Trinajstić information content (AvgIpc) is 3.35. The summed E-state index contributed by atoms with van der Waals surface area (Å²) < 4.78 is 13.1. The summed E-state index contributed by atoms with van der Waals surface area (Å²) in [5.41, 5.74) is 2.38. The number of hydrogen-bond acceptors (Lipinski definition) is 5. The van der Waals surface area contributed by atoms with E-state index in [0.29, 0.717) is 29.3 Å². The zero-order valence-electron chi connectivity index (χ0n) is 14.0. The molecule has 3 aromatic rings. The van der Waals surface area contributed by atoms with Crippen LogP contribution < -0.4 is 4.74 Å². The number of rotatable bonds is 4. The first-order chi connectivity index (χ1) is 12.7. The molecular weight excluding hydrogens is 332 g/mol. The fraction of sp³-hybridized carbons (Fsp3) is 0.250. The molecule has 132 valence electrons. The van der Waals surface area contributed by atoms with Crippen LogP contribution in [0.15, 0.2) is 48.7 Å². The molecule has 0 unspecified atom stereocenters. The van der Waals surface area contributed by atoms with E-state index < -0.39 is 0 Å². The third-order valence-corrected chi connectivity index (χ3v) is 5.06. The van der Waals surface area contributed by atoms with Gasteiger partial charge < -0.3 is 19.7 Å². The predicted molar refractivity (Wildman–Crippen MR) is 93.5 cm³/mol. The SMILES string of the molecule is Oc1c2c(c(O)n1-c1ncccc1OCc1ccccc1)[C@H]1CC[C@@H]2O1. The van der Waals surface area contributed by atoms with E-state index in [0.717, 1.165) is 18.4 Å². The number of pyridine rings is 1. The van der Waals surface area contributed by atoms with Crippen molar-refractivity contribution in [2.45, 2.75) is 31.7 Å². The van der Waals surface area contributed by atoms with Crippen LogP contribution in [0, 0.1) is 0 Å². The number of ether oxygens (including phenoxy) is 2. The molecule has 2 aliphatic heterocycles. The van der Waals surface area contributed by atoms with Gasteiger partial charge in [-0.2, -0.15) is 0 Å². The van der Waals surface area contributed by atoms with Crippen LogP contribution in [0.25, 0.3) is 5.82 Å². The van der Waals surface area contributed by atoms with Gasteiger partial charge in [-0.15, -0.1) is 0 Å². The van der Waals surface area contributed by atoms with Crippen molar-refractivity contribution in [1.29, 1.82) is 0 Å². The second kappa shape index (κ2) is 5.78. The summed E-state index contributed by atoms with van der Waals surface area (Å²) in [5, 5.41) is 21.5. The predicted octanol–water partition coefficient (Wildman–Crippen LogP) is 3.77. The first-order valence-electron chi connectivity index (χ1n) is 8.68. The van der Waals surface area contributed by atoms with E-state index in [1.54, 1.807) is 18.3 Å². The molecule has 2 N–H and O–H groups in total. The van der Waals surface area contributed by atoms with E-state index in [1.807, 2.05) is 30.3 Å². The van der Waals surface area contributed by atoms with Crippen molar-refractivity contribution in [2.75, 3.05) is 0 Å². The van der Waals surface area contributed by atoms with Gasteiger partial charge >= 0.3 is 0 Å². The van der Waals surface area contributed by atoms with Crippen molar-refractivity contribution in [2.24, 2.45) is 0 Å². The molecule has 0 radical (unpaired) electrons. The Bertz CT molecular complexity index is 934. The highest BCUT2D eigenvalue weighted by Crippen LogP contribution is 2.58. The zero-order chi connectivity index (χ0) is 17.7. The maximum atomic E-state index is 10.7. The van der Waals surface area contributed by atoms with E-state index >= 15 is 0 Å². The Morgan fingerprint density at radius 2 is 1.69 bits per heavy atom. The van der Waals surface area contributed by atoms with Crippen LogP contribution in [0.2, 0.25) is 0 Å². The van der Waals surface area contributed by atoms with Crippen molar-refractivity contribution in [1.82, 2.24) is 9.55 Å². The van der Waals surface area contributed by atoms with Crippen LogP contribution >= 0.6 is 0 Å². The molecule has 2 aromatic heterocycles. The highest BCUT2D eigenvalue weighted by atomic mass is 16.5. The van der Waals surface area contributed by atoms with E-state index in [4.69, 9.17) is 9.47 Å². The number of aromatic nitrogens is 2. The summed E-state index contributed by atoms with van der Waals surface area (Å²) in [6.07, 6.45) is 3.02. The third kappa shape index (κ3) is 2.19. The highest BCUT2D eigenvalue weighted by molar-refractivity contribution is 5.58. The fourth-order valence-electron chi connectivity index (χ4n) is 3.88. The number of hydrogen-bond donors (Lipinski definition) is 2. The molecule has 0 saturated carbocycles. The molecular formula is C20H18N2O4. The monoisotopic (exact) mass is 350 g/mol. The van der Waals surface area contributed by atoms with Crippen molar-refractivity contribution in [3.8, 4) is 23.3 Å². The Hall–Kier alpha value is -2.99. The molecule has 1 fully saturated rings. The molecule has 4 heterocycles. The largest absolute Gasteiger partial charge is 0.494 e. The minimum Gasteiger partial charge on any atom is -0.494 e. The molecule has 1 saturated heterocycles. The smallest absolute Gasteiger partial charge is 0.206 e. The van der Waals surface area contributed by atoms with E-state index in [-0.39, 0.29) is 24.0 Å². The maximum Gasteiger partial charge on any atom is 0.206 e. The minimum atomic E-state index is -0.153. The van der Waals surface area contributed by atoms with Crippen LogP contribution in [0.5, 0.6) is 17.5 Å². The number of benzene rings is 1. The Labute approximate surface area is 150 Å². The Balaban J connectivity index is 1.54. The van der Waals surface area contributed by atoms with Gasteiger partial charge in [0.1, 0.15) is 6.61 Å². The maximum absolute atomic E-state index is 10.7. The highest BCUT2D eigenvalue weighted by Gasteiger charge is 2.45. The van der Waals surface area contributed by atoms with Gasteiger partial charge in [-0.3, -0.25) is 0 Å². The molecule has 2 aliphatic rings. The lowest BCUT2D eigenvalue weighted by atomic mass is 9.95. The lowest BCUT2D eigenvalue weighted by molar-refractivity contribution is 0.0682. The molecule has 26 heavy (non-hydrogen) atoms. The number of nitrogens with zero attached hydrogens (tertiary/aromatic N) is 2. The lowest BCUT2D eigenvalue weighted by Crippen LogP contribution is -2.04. The molecule has 0 amide bonds. The molecule has 6 heteroatoms. The normalized spacial score (nSPS) is 20.3. The summed E-state index contributed by atoms with van der Waals surface area (Å²) in [6.45, 7) is 0.371. The second-order valence-corrected chi connectivity index (χ2v) is 6.60. The number of aromatic hydroxyl groups is 2. The van der Waals surface area contributed by atoms with E-state index in [9.17, 15) is 10.2 Å². The van der Waals surface area contributed by atoms with Crippen LogP contribution in [0.3, 0.4) is 0 Å². The standard InChI is InChI=1S/C20H18N2O4/c23-19-16-13-8-9-14(26-13)17(16)20(24)22(19)18-15(7-4-10-21-18)25-11-12-5-2-1-3-6-12/h1-7,10,13-14,23-24H,8-9,11H2/t13-,14+. The summed E-state index contributed by atoms with van der Waals surface area (Å²) in [7, 11) is 0. The lowest BCUT2D eigenvalue weighted by Gasteiger charge is -2.14. The van der Waals surface area contributed by atoms with Gasteiger partial charge in [0.25, 0.3) is 0 Å². The van der Waals surface area contributed by atoms with Crippen LogP contribution in [0.1, 0.15) is 41.7 Å². The molecule has 0 spiro atoms. The average molecular weight is 350 g/mol. The molecule has 6 nitrogen and oxygen atoms in total. The third-order valence-electron chi connectivity index (χ3n) is 5.06. The molecule has 0 aliphatic carbocycles. The number of fused-ring (bicyclic) bond motifs is 5. The fourth-order valence-corrected chi connectivity index (χ4v) is 3.88. The van der Waals surface area contributed by atoms with Crippen molar-refractivity contribution in [3.63, 3.8) is 0 Å². The van der Waals surface area contributed by atoms with Gasteiger partial charge in [-0.25, -0.2) is 9.55 Å². The van der Waals surface area contributed by atoms with Crippen LogP contribution in [-0.4, -0.2) is 19.8 Å². The van der Waals surface area contributed by atoms with Crippen molar-refractivity contribution in [3.05, 3.63) is 65.4 Å². The van der Waals surface area contributed by atoms with Gasteiger partial charge in [0.2, 0.25) is 11.8 Å². The minimum absolute atomic E-state index is 0.0204. The zero-order valence-corrected chi connectivity index (χ0v) is 14.0. The van der Waals surface area contributed by atoms with E-state index in [2.05, 4.69) is 4.98 Å². The van der Waals surface area contributed by atoms with E-state index in [1.165, 1.54) is 4.57 Å². The first kappa shape index (κ1) is 15.3. The summed E-state index contributed by atoms with van der Waals surface area (Å²) in [6, 6.07) is 13.4. The Morgan fingerprint density at radius 3 is 2.38 bits per heavy atom. The molecule has 5 rings (SSSR count). The van der Waals surface area contributed by atoms with Gasteiger partial charge in [0.05, 0.1) is 23.3 Å². The molecule has 2 bridgehead atoms. The topological polar surface area (TPSA) is 76.7 Å².